The minimum absolute atomic E-state index is 0.0969. The van der Waals surface area contributed by atoms with Crippen molar-refractivity contribution >= 4 is 12.1 Å². The number of aliphatic hydroxyl groups excluding tert-OH is 1. The van der Waals surface area contributed by atoms with Crippen molar-refractivity contribution in [1.82, 2.24) is 5.32 Å². The molecular formula is C15H29NO6. The molecule has 0 heterocycles. The highest BCUT2D eigenvalue weighted by molar-refractivity contribution is 5.81. The number of ether oxygens (including phenoxy) is 2. The smallest absolute Gasteiger partial charge is 0.408 e. The van der Waals surface area contributed by atoms with Crippen LogP contribution < -0.4 is 5.32 Å². The van der Waals surface area contributed by atoms with Crippen LogP contribution >= 0.6 is 0 Å². The lowest BCUT2D eigenvalue weighted by molar-refractivity contribution is -0.152. The van der Waals surface area contributed by atoms with E-state index in [4.69, 9.17) is 9.47 Å². The normalized spacial score (nSPS) is 14.4. The predicted octanol–water partition coefficient (Wildman–Crippen LogP) is 1.78. The maximum atomic E-state index is 11.8. The molecule has 0 saturated heterocycles. The van der Waals surface area contributed by atoms with Crippen molar-refractivity contribution in [2.75, 3.05) is 13.2 Å². The van der Waals surface area contributed by atoms with Gasteiger partial charge < -0.3 is 25.0 Å². The fourth-order valence-electron chi connectivity index (χ4n) is 1.47. The highest BCUT2D eigenvalue weighted by Gasteiger charge is 2.39. The van der Waals surface area contributed by atoms with Crippen molar-refractivity contribution in [2.24, 2.45) is 5.41 Å². The van der Waals surface area contributed by atoms with Gasteiger partial charge in [0.1, 0.15) is 5.60 Å². The first-order valence-electron chi connectivity index (χ1n) is 7.17. The van der Waals surface area contributed by atoms with Crippen molar-refractivity contribution in [3.05, 3.63) is 0 Å². The van der Waals surface area contributed by atoms with Gasteiger partial charge in [0.2, 0.25) is 0 Å². The van der Waals surface area contributed by atoms with Gasteiger partial charge in [0.05, 0.1) is 18.8 Å². The Kier molecular flexibility index (Phi) is 6.84. The third-order valence-corrected chi connectivity index (χ3v) is 2.87. The molecule has 0 rings (SSSR count). The topological polar surface area (TPSA) is 105 Å². The van der Waals surface area contributed by atoms with Crippen LogP contribution in [-0.2, 0) is 14.3 Å². The van der Waals surface area contributed by atoms with Crippen LogP contribution in [0.3, 0.4) is 0 Å². The standard InChI is InChI=1S/C15H29NO6/c1-13(2,3)22-12(20)16-10(11(18)19)15(6,7)21-9-14(4,5)8-17/h10,17H,8-9H2,1-7H3,(H,16,20)(H,18,19)/t10-/m1/s1. The number of carbonyl (C=O) groups excluding carboxylic acids is 1. The fourth-order valence-corrected chi connectivity index (χ4v) is 1.47. The number of carbonyl (C=O) groups is 2. The largest absolute Gasteiger partial charge is 0.480 e. The molecule has 0 aliphatic carbocycles. The first-order chi connectivity index (χ1) is 9.70. The molecule has 0 spiro atoms. The van der Waals surface area contributed by atoms with E-state index in [2.05, 4.69) is 5.32 Å². The quantitative estimate of drug-likeness (QED) is 0.660. The Bertz CT molecular complexity index is 397. The maximum Gasteiger partial charge on any atom is 0.408 e. The maximum absolute atomic E-state index is 11.8. The van der Waals surface area contributed by atoms with Crippen LogP contribution in [0.4, 0.5) is 4.79 Å². The molecule has 0 aliphatic rings. The zero-order valence-corrected chi connectivity index (χ0v) is 14.5. The number of rotatable bonds is 7. The number of carboxylic acid groups (broad SMARTS) is 1. The molecule has 1 atom stereocenters. The van der Waals surface area contributed by atoms with E-state index < -0.39 is 34.7 Å². The lowest BCUT2D eigenvalue weighted by Crippen LogP contribution is -2.56. The lowest BCUT2D eigenvalue weighted by Gasteiger charge is -2.35. The zero-order valence-electron chi connectivity index (χ0n) is 14.5. The first kappa shape index (κ1) is 20.7. The third-order valence-electron chi connectivity index (χ3n) is 2.87. The van der Waals surface area contributed by atoms with E-state index in [1.54, 1.807) is 48.5 Å². The van der Waals surface area contributed by atoms with Crippen LogP contribution in [0.2, 0.25) is 0 Å². The van der Waals surface area contributed by atoms with E-state index in [-0.39, 0.29) is 13.2 Å². The molecule has 0 unspecified atom stereocenters. The van der Waals surface area contributed by atoms with E-state index in [0.29, 0.717) is 0 Å². The number of aliphatic hydroxyl groups is 1. The minimum Gasteiger partial charge on any atom is -0.480 e. The zero-order chi connectivity index (χ0) is 17.8. The molecule has 3 N–H and O–H groups in total. The summed E-state index contributed by atoms with van der Waals surface area (Å²) in [5.74, 6) is -1.22. The number of aliphatic carboxylic acids is 1. The summed E-state index contributed by atoms with van der Waals surface area (Å²) in [6.45, 7) is 11.8. The average molecular weight is 319 g/mol. The van der Waals surface area contributed by atoms with Crippen molar-refractivity contribution in [2.45, 2.75) is 65.7 Å². The summed E-state index contributed by atoms with van der Waals surface area (Å²) >= 11 is 0. The second-order valence-electron chi connectivity index (χ2n) is 7.63. The summed E-state index contributed by atoms with van der Waals surface area (Å²) in [7, 11) is 0. The minimum atomic E-state index is -1.28. The molecule has 0 bridgehead atoms. The molecule has 7 nitrogen and oxygen atoms in total. The van der Waals surface area contributed by atoms with E-state index >= 15 is 0 Å². The Morgan fingerprint density at radius 1 is 1.09 bits per heavy atom. The van der Waals surface area contributed by atoms with E-state index in [1.807, 2.05) is 0 Å². The van der Waals surface area contributed by atoms with Crippen LogP contribution in [0.5, 0.6) is 0 Å². The molecule has 0 saturated carbocycles. The molecule has 0 aromatic carbocycles. The van der Waals surface area contributed by atoms with Gasteiger partial charge >= 0.3 is 12.1 Å². The van der Waals surface area contributed by atoms with Crippen molar-refractivity contribution in [1.29, 1.82) is 0 Å². The summed E-state index contributed by atoms with van der Waals surface area (Å²) in [6.07, 6.45) is -0.821. The van der Waals surface area contributed by atoms with Gasteiger partial charge in [-0.3, -0.25) is 0 Å². The van der Waals surface area contributed by atoms with E-state index in [9.17, 15) is 19.8 Å². The summed E-state index contributed by atoms with van der Waals surface area (Å²) in [5.41, 5.74) is -2.40. The number of amides is 1. The molecule has 7 heteroatoms. The number of carboxylic acids is 1. The van der Waals surface area contributed by atoms with Crippen LogP contribution in [-0.4, -0.2) is 52.7 Å². The van der Waals surface area contributed by atoms with Crippen LogP contribution in [0.25, 0.3) is 0 Å². The molecule has 0 radical (unpaired) electrons. The van der Waals surface area contributed by atoms with Crippen LogP contribution in [0.1, 0.15) is 48.5 Å². The molecule has 1 amide bonds. The number of hydrogen-bond acceptors (Lipinski definition) is 5. The van der Waals surface area contributed by atoms with Gasteiger partial charge in [-0.1, -0.05) is 13.8 Å². The fraction of sp³-hybridized carbons (Fsp3) is 0.867. The SMILES string of the molecule is CC(C)(CO)COC(C)(C)[C@H](NC(=O)OC(C)(C)C)C(=O)O. The lowest BCUT2D eigenvalue weighted by atomic mass is 9.94. The van der Waals surface area contributed by atoms with Crippen LogP contribution in [0, 0.1) is 5.41 Å². The van der Waals surface area contributed by atoms with E-state index in [0.717, 1.165) is 0 Å². The highest BCUT2D eigenvalue weighted by atomic mass is 16.6. The third kappa shape index (κ3) is 7.61. The average Bonchev–Trinajstić information content (AvgIpc) is 2.31. The summed E-state index contributed by atoms with van der Waals surface area (Å²) < 4.78 is 10.7. The van der Waals surface area contributed by atoms with Gasteiger partial charge in [-0.15, -0.1) is 0 Å². The summed E-state index contributed by atoms with van der Waals surface area (Å²) in [5, 5.41) is 20.9. The van der Waals surface area contributed by atoms with Gasteiger partial charge in [0.15, 0.2) is 6.04 Å². The van der Waals surface area contributed by atoms with Gasteiger partial charge in [-0.25, -0.2) is 9.59 Å². The molecule has 0 aromatic heterocycles. The molecular weight excluding hydrogens is 290 g/mol. The Labute approximate surface area is 132 Å². The van der Waals surface area contributed by atoms with E-state index in [1.165, 1.54) is 0 Å². The number of nitrogens with one attached hydrogen (secondary N) is 1. The van der Waals surface area contributed by atoms with Gasteiger partial charge in [0.25, 0.3) is 0 Å². The molecule has 0 aromatic rings. The second kappa shape index (κ2) is 7.28. The summed E-state index contributed by atoms with van der Waals surface area (Å²) in [6, 6.07) is -1.28. The first-order valence-corrected chi connectivity index (χ1v) is 7.17. The predicted molar refractivity (Wildman–Crippen MR) is 81.7 cm³/mol. The van der Waals surface area contributed by atoms with Crippen molar-refractivity contribution in [3.8, 4) is 0 Å². The second-order valence-corrected chi connectivity index (χ2v) is 7.63. The Balaban J connectivity index is 4.92. The number of hydrogen-bond donors (Lipinski definition) is 3. The van der Waals surface area contributed by atoms with Crippen molar-refractivity contribution < 1.29 is 29.3 Å². The van der Waals surface area contributed by atoms with Gasteiger partial charge in [-0.2, -0.15) is 0 Å². The highest BCUT2D eigenvalue weighted by Crippen LogP contribution is 2.22. The molecule has 0 fully saturated rings. The van der Waals surface area contributed by atoms with Gasteiger partial charge in [-0.05, 0) is 34.6 Å². The monoisotopic (exact) mass is 319 g/mol. The van der Waals surface area contributed by atoms with Crippen molar-refractivity contribution in [3.63, 3.8) is 0 Å². The Hall–Kier alpha value is -1.34. The number of alkyl carbamates (subject to hydrolysis) is 1. The molecule has 130 valence electrons. The Morgan fingerprint density at radius 3 is 1.95 bits per heavy atom. The van der Waals surface area contributed by atoms with Gasteiger partial charge in [0, 0.05) is 5.41 Å². The summed E-state index contributed by atoms with van der Waals surface area (Å²) in [4.78, 5) is 23.2. The Morgan fingerprint density at radius 2 is 1.59 bits per heavy atom. The van der Waals surface area contributed by atoms with Crippen LogP contribution in [0.15, 0.2) is 0 Å². The molecule has 0 aliphatic heterocycles. The molecule has 22 heavy (non-hydrogen) atoms.